The van der Waals surface area contributed by atoms with Gasteiger partial charge in [0.1, 0.15) is 0 Å². The molecule has 0 fully saturated rings. The second-order valence-corrected chi connectivity index (χ2v) is 6.94. The van der Waals surface area contributed by atoms with Crippen LogP contribution >= 0.6 is 24.0 Å². The predicted molar refractivity (Wildman–Crippen MR) is 116 cm³/mol. The van der Waals surface area contributed by atoms with Gasteiger partial charge in [0.15, 0.2) is 11.8 Å². The lowest BCUT2D eigenvalue weighted by atomic mass is 9.97. The number of hydrogen-bond acceptors (Lipinski definition) is 4. The van der Waals surface area contributed by atoms with E-state index in [2.05, 4.69) is 77.7 Å². The fourth-order valence-electron chi connectivity index (χ4n) is 2.36. The maximum atomic E-state index is 5.32. The van der Waals surface area contributed by atoms with Crippen LogP contribution in [0.2, 0.25) is 0 Å². The van der Waals surface area contributed by atoms with Crippen molar-refractivity contribution in [3.05, 3.63) is 47.1 Å². The zero-order valence-electron chi connectivity index (χ0n) is 16.3. The Labute approximate surface area is 173 Å². The number of guanidine groups is 1. The van der Waals surface area contributed by atoms with Crippen LogP contribution in [-0.4, -0.2) is 22.6 Å². The van der Waals surface area contributed by atoms with Crippen molar-refractivity contribution in [1.29, 1.82) is 0 Å². The molecule has 2 aromatic rings. The van der Waals surface area contributed by atoms with Gasteiger partial charge in [-0.2, -0.15) is 4.98 Å². The zero-order valence-corrected chi connectivity index (χ0v) is 18.6. The average molecular weight is 471 g/mol. The standard InChI is InChI=1S/C19H29N5O.HI/c1-6-14-10-8-9-11-15(14)12-21-18(20-7-2)22-13-16-23-17(25-24-16)19(3,4)5;/h8-11H,6-7,12-13H2,1-5H3,(H2,20,21,22);1H. The van der Waals surface area contributed by atoms with Crippen LogP contribution in [0.4, 0.5) is 0 Å². The minimum Gasteiger partial charge on any atom is -0.357 e. The van der Waals surface area contributed by atoms with Gasteiger partial charge in [0, 0.05) is 12.0 Å². The third-order valence-corrected chi connectivity index (χ3v) is 3.77. The molecule has 0 saturated carbocycles. The van der Waals surface area contributed by atoms with Crippen LogP contribution in [0.1, 0.15) is 57.5 Å². The van der Waals surface area contributed by atoms with Crippen molar-refractivity contribution in [2.75, 3.05) is 6.54 Å². The minimum atomic E-state index is -0.145. The molecule has 2 rings (SSSR count). The molecule has 0 atom stereocenters. The van der Waals surface area contributed by atoms with Gasteiger partial charge in [-0.05, 0) is 24.5 Å². The molecule has 0 saturated heterocycles. The third kappa shape index (κ3) is 6.59. The molecule has 0 radical (unpaired) electrons. The number of aryl methyl sites for hydroxylation is 1. The molecule has 2 N–H and O–H groups in total. The fourth-order valence-corrected chi connectivity index (χ4v) is 2.36. The Morgan fingerprint density at radius 1 is 1.12 bits per heavy atom. The van der Waals surface area contributed by atoms with E-state index in [4.69, 9.17) is 4.52 Å². The molecule has 6 nitrogen and oxygen atoms in total. The van der Waals surface area contributed by atoms with E-state index in [1.807, 2.05) is 6.92 Å². The summed E-state index contributed by atoms with van der Waals surface area (Å²) in [5.74, 6) is 2.02. The molecule has 0 aliphatic heterocycles. The van der Waals surface area contributed by atoms with Crippen molar-refractivity contribution < 1.29 is 4.52 Å². The Balaban J connectivity index is 0.00000338. The van der Waals surface area contributed by atoms with Gasteiger partial charge in [-0.3, -0.25) is 0 Å². The summed E-state index contributed by atoms with van der Waals surface area (Å²) in [6.07, 6.45) is 1.01. The van der Waals surface area contributed by atoms with Crippen LogP contribution in [0.15, 0.2) is 33.8 Å². The largest absolute Gasteiger partial charge is 0.357 e. The van der Waals surface area contributed by atoms with Crippen molar-refractivity contribution >= 4 is 29.9 Å². The van der Waals surface area contributed by atoms with E-state index in [0.29, 0.717) is 24.8 Å². The highest BCUT2D eigenvalue weighted by atomic mass is 127. The van der Waals surface area contributed by atoms with Crippen LogP contribution < -0.4 is 10.6 Å². The molecule has 7 heteroatoms. The lowest BCUT2D eigenvalue weighted by molar-refractivity contribution is 0.318. The lowest BCUT2D eigenvalue weighted by Gasteiger charge is -2.11. The molecule has 26 heavy (non-hydrogen) atoms. The number of aliphatic imine (C=N–C) groups is 1. The Morgan fingerprint density at radius 3 is 2.38 bits per heavy atom. The van der Waals surface area contributed by atoms with E-state index in [0.717, 1.165) is 18.9 Å². The summed E-state index contributed by atoms with van der Waals surface area (Å²) >= 11 is 0. The van der Waals surface area contributed by atoms with Gasteiger partial charge in [0.25, 0.3) is 0 Å². The van der Waals surface area contributed by atoms with E-state index in [1.165, 1.54) is 11.1 Å². The summed E-state index contributed by atoms with van der Waals surface area (Å²) in [5.41, 5.74) is 2.43. The molecular formula is C19H30IN5O. The van der Waals surface area contributed by atoms with Gasteiger partial charge >= 0.3 is 0 Å². The molecule has 0 aliphatic rings. The summed E-state index contributed by atoms with van der Waals surface area (Å²) in [4.78, 5) is 9.11. The van der Waals surface area contributed by atoms with Crippen molar-refractivity contribution in [2.24, 2.45) is 4.99 Å². The molecular weight excluding hydrogens is 441 g/mol. The van der Waals surface area contributed by atoms with Crippen molar-refractivity contribution in [1.82, 2.24) is 20.8 Å². The molecule has 0 spiro atoms. The number of benzene rings is 1. The SMILES string of the molecule is CCNC(=NCc1ccccc1CC)NCc1noc(C(C)(C)C)n1.I. The van der Waals surface area contributed by atoms with Gasteiger partial charge in [0.05, 0.1) is 13.1 Å². The number of rotatable bonds is 6. The molecule has 0 unspecified atom stereocenters. The topological polar surface area (TPSA) is 75.3 Å². The number of halogens is 1. The zero-order chi connectivity index (χ0) is 18.3. The van der Waals surface area contributed by atoms with E-state index < -0.39 is 0 Å². The summed E-state index contributed by atoms with van der Waals surface area (Å²) in [6.45, 7) is 12.3. The fraction of sp³-hybridized carbons (Fsp3) is 0.526. The van der Waals surface area contributed by atoms with Gasteiger partial charge in [-0.25, -0.2) is 4.99 Å². The van der Waals surface area contributed by atoms with Crippen LogP contribution in [0.3, 0.4) is 0 Å². The first kappa shape index (κ1) is 22.4. The van der Waals surface area contributed by atoms with Crippen LogP contribution in [0.25, 0.3) is 0 Å². The second-order valence-electron chi connectivity index (χ2n) is 6.94. The highest BCUT2D eigenvalue weighted by molar-refractivity contribution is 14.0. The lowest BCUT2D eigenvalue weighted by Crippen LogP contribution is -2.37. The summed E-state index contributed by atoms with van der Waals surface area (Å²) < 4.78 is 5.32. The summed E-state index contributed by atoms with van der Waals surface area (Å²) in [5, 5.41) is 10.5. The number of nitrogens with one attached hydrogen (secondary N) is 2. The molecule has 0 aliphatic carbocycles. The Morgan fingerprint density at radius 2 is 1.81 bits per heavy atom. The molecule has 1 heterocycles. The first-order valence-electron chi connectivity index (χ1n) is 8.86. The average Bonchev–Trinajstić information content (AvgIpc) is 3.07. The Hall–Kier alpha value is -1.64. The van der Waals surface area contributed by atoms with E-state index >= 15 is 0 Å². The number of aromatic nitrogens is 2. The van der Waals surface area contributed by atoms with Crippen LogP contribution in [0.5, 0.6) is 0 Å². The first-order valence-corrected chi connectivity index (χ1v) is 8.86. The first-order chi connectivity index (χ1) is 11.9. The molecule has 0 amide bonds. The number of hydrogen-bond donors (Lipinski definition) is 2. The quantitative estimate of drug-likeness (QED) is 0.381. The highest BCUT2D eigenvalue weighted by Crippen LogP contribution is 2.19. The van der Waals surface area contributed by atoms with Crippen molar-refractivity contribution in [3.8, 4) is 0 Å². The van der Waals surface area contributed by atoms with E-state index in [9.17, 15) is 0 Å². The van der Waals surface area contributed by atoms with E-state index in [-0.39, 0.29) is 29.4 Å². The maximum Gasteiger partial charge on any atom is 0.232 e. The van der Waals surface area contributed by atoms with Gasteiger partial charge in [-0.1, -0.05) is 57.1 Å². The van der Waals surface area contributed by atoms with Crippen LogP contribution in [-0.2, 0) is 24.9 Å². The van der Waals surface area contributed by atoms with Gasteiger partial charge < -0.3 is 15.2 Å². The summed E-state index contributed by atoms with van der Waals surface area (Å²) in [6, 6.07) is 8.40. The Kier molecular flexibility index (Phi) is 9.04. The highest BCUT2D eigenvalue weighted by Gasteiger charge is 2.21. The van der Waals surface area contributed by atoms with Crippen LogP contribution in [0, 0.1) is 0 Å². The smallest absolute Gasteiger partial charge is 0.232 e. The van der Waals surface area contributed by atoms with Gasteiger partial charge in [-0.15, -0.1) is 24.0 Å². The second kappa shape index (κ2) is 10.5. The minimum absolute atomic E-state index is 0. The maximum absolute atomic E-state index is 5.32. The molecule has 1 aromatic heterocycles. The predicted octanol–water partition coefficient (Wildman–Crippen LogP) is 3.80. The molecule has 144 valence electrons. The molecule has 0 bridgehead atoms. The normalized spacial score (nSPS) is 11.8. The number of nitrogens with zero attached hydrogens (tertiary/aromatic N) is 3. The third-order valence-electron chi connectivity index (χ3n) is 3.77. The Bertz CT molecular complexity index is 706. The van der Waals surface area contributed by atoms with E-state index in [1.54, 1.807) is 0 Å². The summed E-state index contributed by atoms with van der Waals surface area (Å²) in [7, 11) is 0. The molecule has 1 aromatic carbocycles. The van der Waals surface area contributed by atoms with Crippen molar-refractivity contribution in [2.45, 2.75) is 59.5 Å². The van der Waals surface area contributed by atoms with Crippen molar-refractivity contribution in [3.63, 3.8) is 0 Å². The van der Waals surface area contributed by atoms with Gasteiger partial charge in [0.2, 0.25) is 5.89 Å². The monoisotopic (exact) mass is 471 g/mol.